The molecule has 84 valence electrons. The molecule has 2 rings (SSSR count). The lowest BCUT2D eigenvalue weighted by Gasteiger charge is -2.20. The minimum atomic E-state index is 0.693. The summed E-state index contributed by atoms with van der Waals surface area (Å²) in [4.78, 5) is 0. The van der Waals surface area contributed by atoms with Gasteiger partial charge in [0, 0.05) is 24.5 Å². The van der Waals surface area contributed by atoms with Crippen molar-refractivity contribution in [2.24, 2.45) is 11.8 Å². The quantitative estimate of drug-likeness (QED) is 0.795. The van der Waals surface area contributed by atoms with Crippen molar-refractivity contribution in [2.75, 3.05) is 0 Å². The molecule has 3 atom stereocenters. The number of nitrogens with zero attached hydrogens (tertiary/aromatic N) is 1. The number of aromatic amines is 1. The molecule has 0 bridgehead atoms. The van der Waals surface area contributed by atoms with Crippen molar-refractivity contribution in [1.82, 2.24) is 15.5 Å². The predicted octanol–water partition coefficient (Wildman–Crippen LogP) is 2.32. The number of H-pyrrole nitrogens is 1. The monoisotopic (exact) mass is 207 g/mol. The van der Waals surface area contributed by atoms with Gasteiger partial charge in [-0.15, -0.1) is 0 Å². The lowest BCUT2D eigenvalue weighted by atomic mass is 9.93. The highest BCUT2D eigenvalue weighted by Gasteiger charge is 2.30. The number of hydrogen-bond acceptors (Lipinski definition) is 2. The zero-order valence-electron chi connectivity index (χ0n) is 9.66. The molecule has 15 heavy (non-hydrogen) atoms. The molecule has 3 nitrogen and oxygen atoms in total. The molecule has 1 aromatic rings. The Labute approximate surface area is 91.7 Å². The van der Waals surface area contributed by atoms with Crippen LogP contribution < -0.4 is 5.32 Å². The minimum Gasteiger partial charge on any atom is -0.308 e. The fourth-order valence-corrected chi connectivity index (χ4v) is 2.74. The molecule has 3 unspecified atom stereocenters. The van der Waals surface area contributed by atoms with Gasteiger partial charge in [0.15, 0.2) is 0 Å². The molecule has 0 aliphatic heterocycles. The number of nitrogens with one attached hydrogen (secondary N) is 2. The van der Waals surface area contributed by atoms with Gasteiger partial charge in [0.1, 0.15) is 0 Å². The van der Waals surface area contributed by atoms with Gasteiger partial charge >= 0.3 is 0 Å². The maximum Gasteiger partial charge on any atom is 0.0490 e. The summed E-state index contributed by atoms with van der Waals surface area (Å²) >= 11 is 0. The van der Waals surface area contributed by atoms with Crippen molar-refractivity contribution < 1.29 is 0 Å². The Morgan fingerprint density at radius 1 is 1.53 bits per heavy atom. The lowest BCUT2D eigenvalue weighted by Crippen LogP contribution is -2.32. The Kier molecular flexibility index (Phi) is 3.41. The summed E-state index contributed by atoms with van der Waals surface area (Å²) in [6.45, 7) is 5.61. The highest BCUT2D eigenvalue weighted by Crippen LogP contribution is 2.33. The van der Waals surface area contributed by atoms with Crippen LogP contribution in [0.25, 0.3) is 0 Å². The van der Waals surface area contributed by atoms with Crippen molar-refractivity contribution in [3.05, 3.63) is 18.0 Å². The smallest absolute Gasteiger partial charge is 0.0490 e. The first-order valence-corrected chi connectivity index (χ1v) is 6.03. The summed E-state index contributed by atoms with van der Waals surface area (Å²) in [5, 5.41) is 10.6. The molecule has 3 heteroatoms. The first kappa shape index (κ1) is 10.7. The predicted molar refractivity (Wildman–Crippen MR) is 61.4 cm³/mol. The average Bonchev–Trinajstić information content (AvgIpc) is 2.85. The van der Waals surface area contributed by atoms with Crippen LogP contribution in [-0.2, 0) is 6.54 Å². The molecule has 0 amide bonds. The van der Waals surface area contributed by atoms with Crippen molar-refractivity contribution in [2.45, 2.75) is 45.7 Å². The van der Waals surface area contributed by atoms with E-state index >= 15 is 0 Å². The average molecular weight is 207 g/mol. The third-order valence-electron chi connectivity index (χ3n) is 3.86. The summed E-state index contributed by atoms with van der Waals surface area (Å²) < 4.78 is 0. The first-order chi connectivity index (χ1) is 7.31. The van der Waals surface area contributed by atoms with Gasteiger partial charge < -0.3 is 5.32 Å². The Morgan fingerprint density at radius 2 is 2.40 bits per heavy atom. The second-order valence-corrected chi connectivity index (χ2v) is 4.67. The third-order valence-corrected chi connectivity index (χ3v) is 3.86. The normalized spacial score (nSPS) is 30.9. The van der Waals surface area contributed by atoms with Crippen LogP contribution in [0.5, 0.6) is 0 Å². The topological polar surface area (TPSA) is 40.7 Å². The van der Waals surface area contributed by atoms with Crippen molar-refractivity contribution in [3.8, 4) is 0 Å². The van der Waals surface area contributed by atoms with Crippen LogP contribution in [0.3, 0.4) is 0 Å². The van der Waals surface area contributed by atoms with E-state index in [9.17, 15) is 0 Å². The van der Waals surface area contributed by atoms with E-state index in [2.05, 4.69) is 29.4 Å². The molecule has 2 N–H and O–H groups in total. The Hall–Kier alpha value is -0.830. The van der Waals surface area contributed by atoms with Crippen LogP contribution in [0.4, 0.5) is 0 Å². The van der Waals surface area contributed by atoms with Gasteiger partial charge in [-0.25, -0.2) is 0 Å². The summed E-state index contributed by atoms with van der Waals surface area (Å²) in [5.74, 6) is 1.74. The molecule has 0 radical (unpaired) electrons. The SMILES string of the molecule is CCC1CCC(NCc2ccn[nH]2)C1C. The minimum absolute atomic E-state index is 0.693. The lowest BCUT2D eigenvalue weighted by molar-refractivity contribution is 0.343. The van der Waals surface area contributed by atoms with Crippen molar-refractivity contribution in [1.29, 1.82) is 0 Å². The van der Waals surface area contributed by atoms with Crippen LogP contribution in [0.2, 0.25) is 0 Å². The van der Waals surface area contributed by atoms with Gasteiger partial charge in [-0.1, -0.05) is 20.3 Å². The molecule has 1 aliphatic carbocycles. The van der Waals surface area contributed by atoms with E-state index in [-0.39, 0.29) is 0 Å². The van der Waals surface area contributed by atoms with Gasteiger partial charge in [0.05, 0.1) is 0 Å². The fraction of sp³-hybridized carbons (Fsp3) is 0.750. The molecular formula is C12H21N3. The van der Waals surface area contributed by atoms with Gasteiger partial charge in [-0.05, 0) is 30.7 Å². The summed E-state index contributed by atoms with van der Waals surface area (Å²) in [6, 6.07) is 2.72. The van der Waals surface area contributed by atoms with E-state index in [0.29, 0.717) is 6.04 Å². The summed E-state index contributed by atoms with van der Waals surface area (Å²) in [6.07, 6.45) is 5.85. The first-order valence-electron chi connectivity index (χ1n) is 6.03. The van der Waals surface area contributed by atoms with Gasteiger partial charge in [0.2, 0.25) is 0 Å². The Balaban J connectivity index is 1.81. The van der Waals surface area contributed by atoms with E-state index < -0.39 is 0 Å². The highest BCUT2D eigenvalue weighted by atomic mass is 15.1. The van der Waals surface area contributed by atoms with E-state index in [1.165, 1.54) is 25.0 Å². The van der Waals surface area contributed by atoms with Gasteiger partial charge in [-0.3, -0.25) is 5.10 Å². The molecule has 0 spiro atoms. The van der Waals surface area contributed by atoms with Crippen LogP contribution in [0.15, 0.2) is 12.3 Å². The fourth-order valence-electron chi connectivity index (χ4n) is 2.74. The second kappa shape index (κ2) is 4.79. The zero-order chi connectivity index (χ0) is 10.7. The number of hydrogen-bond donors (Lipinski definition) is 2. The molecule has 1 saturated carbocycles. The number of rotatable bonds is 4. The molecule has 1 heterocycles. The molecule has 1 fully saturated rings. The standard InChI is InChI=1S/C12H21N3/c1-3-10-4-5-12(9(10)2)13-8-11-6-7-14-15-11/h6-7,9-10,12-13H,3-5,8H2,1-2H3,(H,14,15). The molecule has 0 saturated heterocycles. The van der Waals surface area contributed by atoms with Crippen LogP contribution in [0, 0.1) is 11.8 Å². The summed E-state index contributed by atoms with van der Waals surface area (Å²) in [5.41, 5.74) is 1.18. The zero-order valence-corrected chi connectivity index (χ0v) is 9.66. The molecule has 1 aromatic heterocycles. The van der Waals surface area contributed by atoms with Crippen LogP contribution in [-0.4, -0.2) is 16.2 Å². The molecular weight excluding hydrogens is 186 g/mol. The Morgan fingerprint density at radius 3 is 3.00 bits per heavy atom. The van der Waals surface area contributed by atoms with Crippen LogP contribution in [0.1, 0.15) is 38.8 Å². The second-order valence-electron chi connectivity index (χ2n) is 4.67. The van der Waals surface area contributed by atoms with E-state index in [0.717, 1.165) is 18.4 Å². The van der Waals surface area contributed by atoms with Crippen molar-refractivity contribution in [3.63, 3.8) is 0 Å². The van der Waals surface area contributed by atoms with Crippen molar-refractivity contribution >= 4 is 0 Å². The number of aromatic nitrogens is 2. The van der Waals surface area contributed by atoms with E-state index in [4.69, 9.17) is 0 Å². The largest absolute Gasteiger partial charge is 0.308 e. The molecule has 1 aliphatic rings. The van der Waals surface area contributed by atoms with Gasteiger partial charge in [-0.2, -0.15) is 5.10 Å². The van der Waals surface area contributed by atoms with Gasteiger partial charge in [0.25, 0.3) is 0 Å². The van der Waals surface area contributed by atoms with E-state index in [1.807, 2.05) is 12.3 Å². The highest BCUT2D eigenvalue weighted by molar-refractivity contribution is 4.98. The van der Waals surface area contributed by atoms with Crippen LogP contribution >= 0.6 is 0 Å². The molecule has 0 aromatic carbocycles. The van der Waals surface area contributed by atoms with E-state index in [1.54, 1.807) is 0 Å². The summed E-state index contributed by atoms with van der Waals surface area (Å²) in [7, 11) is 0. The Bertz CT molecular complexity index is 281. The maximum atomic E-state index is 3.95. The third kappa shape index (κ3) is 2.40. The maximum absolute atomic E-state index is 3.95.